The molecular weight excluding hydrogens is 438 g/mol. The maximum Gasteiger partial charge on any atom is 0.410 e. The third-order valence-electron chi connectivity index (χ3n) is 5.77. The zero-order valence-electron chi connectivity index (χ0n) is 16.8. The number of anilines is 1. The lowest BCUT2D eigenvalue weighted by atomic mass is 9.97. The van der Waals surface area contributed by atoms with Crippen LogP contribution < -0.4 is 5.32 Å². The highest BCUT2D eigenvalue weighted by Crippen LogP contribution is 2.44. The van der Waals surface area contributed by atoms with Crippen molar-refractivity contribution in [2.45, 2.75) is 24.7 Å². The van der Waals surface area contributed by atoms with Gasteiger partial charge in [-0.1, -0.05) is 24.3 Å². The van der Waals surface area contributed by atoms with Gasteiger partial charge in [-0.05, 0) is 29.8 Å². The van der Waals surface area contributed by atoms with Crippen molar-refractivity contribution in [3.8, 4) is 11.5 Å². The largest absolute Gasteiger partial charge is 0.410 e. The molecule has 1 N–H and O–H groups in total. The lowest BCUT2D eigenvalue weighted by Crippen LogP contribution is -2.35. The van der Waals surface area contributed by atoms with Crippen LogP contribution in [0.2, 0.25) is 0 Å². The second kappa shape index (κ2) is 6.99. The third kappa shape index (κ3) is 3.27. The maximum atomic E-state index is 13.9. The topological polar surface area (TPSA) is 72.9 Å². The second-order valence-electron chi connectivity index (χ2n) is 7.87. The minimum Gasteiger partial charge on any atom is -0.363 e. The number of alkyl halides is 3. The number of para-hydroxylation sites is 1. The van der Waals surface area contributed by atoms with Crippen LogP contribution in [0.25, 0.3) is 28.1 Å². The van der Waals surface area contributed by atoms with Gasteiger partial charge in [-0.2, -0.15) is 18.3 Å². The van der Waals surface area contributed by atoms with E-state index >= 15 is 0 Å². The predicted molar refractivity (Wildman–Crippen MR) is 112 cm³/mol. The summed E-state index contributed by atoms with van der Waals surface area (Å²) in [5.74, 6) is -0.0694. The fraction of sp³-hybridized carbons (Fsp3) is 0.182. The van der Waals surface area contributed by atoms with Crippen molar-refractivity contribution in [2.24, 2.45) is 0 Å². The zero-order valence-corrected chi connectivity index (χ0v) is 16.8. The van der Waals surface area contributed by atoms with E-state index in [9.17, 15) is 17.6 Å². The average Bonchev–Trinajstić information content (AvgIpc) is 3.42. The predicted octanol–water partition coefficient (Wildman–Crippen LogP) is 4.94. The molecule has 0 spiro atoms. The van der Waals surface area contributed by atoms with Crippen molar-refractivity contribution in [1.82, 2.24) is 29.4 Å². The first-order valence-corrected chi connectivity index (χ1v) is 10.2. The first-order valence-electron chi connectivity index (χ1n) is 10.2. The summed E-state index contributed by atoms with van der Waals surface area (Å²) < 4.78 is 57.5. The van der Waals surface area contributed by atoms with E-state index in [4.69, 9.17) is 0 Å². The maximum absolute atomic E-state index is 13.9. The standard InChI is InChI=1S/C22H15F4N7/c23-13-7-5-12(6-8-13)16-9-18(22(24,25)26)33-19(28-16)10-17(30-33)20-29-21-14-3-1-2-4-15(14)27-11-32(21)31-20/h1-8,10-11,16,18,28H,9H2/t16-,18+/m0/s1. The molecule has 3 aromatic heterocycles. The van der Waals surface area contributed by atoms with E-state index in [-0.39, 0.29) is 23.8 Å². The van der Waals surface area contributed by atoms with Crippen LogP contribution in [0.15, 0.2) is 60.9 Å². The van der Waals surface area contributed by atoms with Crippen LogP contribution in [0.3, 0.4) is 0 Å². The van der Waals surface area contributed by atoms with E-state index in [1.165, 1.54) is 41.2 Å². The molecule has 0 unspecified atom stereocenters. The molecule has 0 radical (unpaired) electrons. The van der Waals surface area contributed by atoms with Gasteiger partial charge in [-0.25, -0.2) is 23.6 Å². The van der Waals surface area contributed by atoms with Gasteiger partial charge in [0.2, 0.25) is 5.82 Å². The summed E-state index contributed by atoms with van der Waals surface area (Å²) >= 11 is 0. The average molecular weight is 453 g/mol. The third-order valence-corrected chi connectivity index (χ3v) is 5.77. The molecular formula is C22H15F4N7. The molecule has 0 fully saturated rings. The Morgan fingerprint density at radius 1 is 1.00 bits per heavy atom. The van der Waals surface area contributed by atoms with Gasteiger partial charge in [0.15, 0.2) is 11.7 Å². The molecule has 166 valence electrons. The molecule has 2 atom stereocenters. The minimum atomic E-state index is -4.52. The van der Waals surface area contributed by atoms with Crippen LogP contribution in [0, 0.1) is 5.82 Å². The van der Waals surface area contributed by atoms with E-state index in [1.807, 2.05) is 24.3 Å². The van der Waals surface area contributed by atoms with E-state index < -0.39 is 24.1 Å². The number of halogens is 4. The SMILES string of the molecule is Fc1ccc([C@@H]2C[C@H](C(F)(F)F)n3nc(-c4nc5c6ccccc6ncn5n4)cc3N2)cc1. The number of aromatic nitrogens is 6. The Kier molecular flexibility index (Phi) is 4.16. The minimum absolute atomic E-state index is 0.190. The highest BCUT2D eigenvalue weighted by molar-refractivity contribution is 5.91. The normalized spacial score (nSPS) is 18.4. The van der Waals surface area contributed by atoms with Crippen LogP contribution in [0.1, 0.15) is 24.1 Å². The molecule has 11 heteroatoms. The van der Waals surface area contributed by atoms with Gasteiger partial charge >= 0.3 is 6.18 Å². The fourth-order valence-electron chi connectivity index (χ4n) is 4.18. The van der Waals surface area contributed by atoms with Crippen LogP contribution in [0.4, 0.5) is 23.4 Å². The van der Waals surface area contributed by atoms with Crippen LogP contribution in [-0.4, -0.2) is 35.5 Å². The van der Waals surface area contributed by atoms with Crippen LogP contribution in [0.5, 0.6) is 0 Å². The Balaban J connectivity index is 1.44. The van der Waals surface area contributed by atoms with Gasteiger partial charge in [0.05, 0.1) is 11.6 Å². The van der Waals surface area contributed by atoms with Crippen molar-refractivity contribution in [1.29, 1.82) is 0 Å². The Bertz CT molecular complexity index is 1490. The fourth-order valence-corrected chi connectivity index (χ4v) is 4.18. The molecule has 5 aromatic rings. The Hall–Kier alpha value is -4.02. The summed E-state index contributed by atoms with van der Waals surface area (Å²) in [7, 11) is 0. The summed E-state index contributed by atoms with van der Waals surface area (Å²) in [6.45, 7) is 0. The van der Waals surface area contributed by atoms with Gasteiger partial charge in [0.1, 0.15) is 23.7 Å². The van der Waals surface area contributed by atoms with Gasteiger partial charge < -0.3 is 5.32 Å². The molecule has 4 heterocycles. The van der Waals surface area contributed by atoms with E-state index in [0.717, 1.165) is 15.6 Å². The molecule has 0 saturated carbocycles. The number of hydrogen-bond acceptors (Lipinski definition) is 5. The Morgan fingerprint density at radius 2 is 1.79 bits per heavy atom. The molecule has 1 aliphatic heterocycles. The van der Waals surface area contributed by atoms with E-state index in [2.05, 4.69) is 25.5 Å². The molecule has 1 aliphatic rings. The Labute approximate surface area is 183 Å². The van der Waals surface area contributed by atoms with E-state index in [0.29, 0.717) is 11.2 Å². The second-order valence-corrected chi connectivity index (χ2v) is 7.87. The van der Waals surface area contributed by atoms with Crippen LogP contribution >= 0.6 is 0 Å². The summed E-state index contributed by atoms with van der Waals surface area (Å²) in [6.07, 6.45) is -3.30. The highest BCUT2D eigenvalue weighted by Gasteiger charge is 2.46. The first-order chi connectivity index (χ1) is 15.9. The van der Waals surface area contributed by atoms with Crippen molar-refractivity contribution in [3.05, 3.63) is 72.3 Å². The molecule has 0 bridgehead atoms. The smallest absolute Gasteiger partial charge is 0.363 e. The summed E-state index contributed by atoms with van der Waals surface area (Å²) in [5.41, 5.74) is 2.03. The number of hydrogen-bond donors (Lipinski definition) is 1. The molecule has 0 saturated heterocycles. The number of rotatable bonds is 2. The molecule has 7 nitrogen and oxygen atoms in total. The number of fused-ring (bicyclic) bond motifs is 4. The molecule has 0 aliphatic carbocycles. The molecule has 6 rings (SSSR count). The number of benzene rings is 2. The molecule has 33 heavy (non-hydrogen) atoms. The number of nitrogens with zero attached hydrogens (tertiary/aromatic N) is 6. The van der Waals surface area contributed by atoms with Gasteiger partial charge in [-0.3, -0.25) is 0 Å². The van der Waals surface area contributed by atoms with Gasteiger partial charge in [0.25, 0.3) is 0 Å². The van der Waals surface area contributed by atoms with Gasteiger partial charge in [0, 0.05) is 17.9 Å². The lowest BCUT2D eigenvalue weighted by Gasteiger charge is -2.33. The molecule has 0 amide bonds. The van der Waals surface area contributed by atoms with Crippen molar-refractivity contribution < 1.29 is 17.6 Å². The summed E-state index contributed by atoms with van der Waals surface area (Å²) in [5, 5.41) is 12.4. The Morgan fingerprint density at radius 3 is 2.58 bits per heavy atom. The monoisotopic (exact) mass is 453 g/mol. The quantitative estimate of drug-likeness (QED) is 0.384. The van der Waals surface area contributed by atoms with E-state index in [1.54, 1.807) is 0 Å². The summed E-state index contributed by atoms with van der Waals surface area (Å²) in [6, 6.07) is 11.8. The van der Waals surface area contributed by atoms with Crippen molar-refractivity contribution >= 4 is 22.4 Å². The van der Waals surface area contributed by atoms with Crippen LogP contribution in [-0.2, 0) is 0 Å². The highest BCUT2D eigenvalue weighted by atomic mass is 19.4. The number of nitrogens with one attached hydrogen (secondary N) is 1. The van der Waals surface area contributed by atoms with Gasteiger partial charge in [-0.15, -0.1) is 5.10 Å². The lowest BCUT2D eigenvalue weighted by molar-refractivity contribution is -0.173. The zero-order chi connectivity index (χ0) is 22.7. The summed E-state index contributed by atoms with van der Waals surface area (Å²) in [4.78, 5) is 8.84. The first kappa shape index (κ1) is 19.6. The molecule has 2 aromatic carbocycles. The van der Waals surface area contributed by atoms with Crippen molar-refractivity contribution in [3.63, 3.8) is 0 Å². The van der Waals surface area contributed by atoms with Crippen molar-refractivity contribution in [2.75, 3.05) is 5.32 Å².